The summed E-state index contributed by atoms with van der Waals surface area (Å²) in [4.78, 5) is 18.5. The van der Waals surface area contributed by atoms with Gasteiger partial charge < -0.3 is 15.1 Å². The smallest absolute Gasteiger partial charge is 0.255 e. The van der Waals surface area contributed by atoms with Gasteiger partial charge in [-0.1, -0.05) is 12.1 Å². The summed E-state index contributed by atoms with van der Waals surface area (Å²) in [7, 11) is 0. The molecule has 1 saturated carbocycles. The maximum absolute atomic E-state index is 12.5. The molecule has 1 amide bonds. The largest absolute Gasteiger partial charge is 0.383 e. The van der Waals surface area contributed by atoms with E-state index >= 15 is 0 Å². The van der Waals surface area contributed by atoms with Gasteiger partial charge in [0.1, 0.15) is 11.1 Å². The highest BCUT2D eigenvalue weighted by atomic mass is 32.1. The average molecular weight is 320 g/mol. The van der Waals surface area contributed by atoms with Crippen molar-refractivity contribution < 1.29 is 15.0 Å². The molecule has 1 heterocycles. The molecule has 22 heavy (non-hydrogen) atoms. The van der Waals surface area contributed by atoms with Crippen molar-refractivity contribution in [3.63, 3.8) is 0 Å². The van der Waals surface area contributed by atoms with Gasteiger partial charge in [0.15, 0.2) is 6.10 Å². The maximum atomic E-state index is 12.5. The molecular weight excluding hydrogens is 300 g/mol. The number of carbonyl (C=O) groups excluding carboxylic acids is 1. The average Bonchev–Trinajstić information content (AvgIpc) is 3.22. The number of aliphatic hydroxyl groups excluding tert-OH is 2. The molecule has 0 saturated heterocycles. The summed E-state index contributed by atoms with van der Waals surface area (Å²) in [5.41, 5.74) is 0.768. The molecule has 0 radical (unpaired) electrons. The van der Waals surface area contributed by atoms with Gasteiger partial charge in [-0.2, -0.15) is 0 Å². The van der Waals surface area contributed by atoms with Crippen molar-refractivity contribution in [2.75, 3.05) is 0 Å². The van der Waals surface area contributed by atoms with E-state index < -0.39 is 18.1 Å². The van der Waals surface area contributed by atoms with E-state index in [-0.39, 0.29) is 12.1 Å². The van der Waals surface area contributed by atoms with Crippen LogP contribution in [0.2, 0.25) is 0 Å². The van der Waals surface area contributed by atoms with Gasteiger partial charge in [-0.25, -0.2) is 4.98 Å². The van der Waals surface area contributed by atoms with Gasteiger partial charge in [-0.05, 0) is 38.8 Å². The number of hydrogen-bond donors (Lipinski definition) is 2. The van der Waals surface area contributed by atoms with Gasteiger partial charge in [0, 0.05) is 12.1 Å². The number of thiazole rings is 1. The highest BCUT2D eigenvalue weighted by Crippen LogP contribution is 2.32. The Balaban J connectivity index is 1.80. The number of aliphatic hydroxyl groups is 2. The van der Waals surface area contributed by atoms with Crippen LogP contribution in [0, 0.1) is 0 Å². The van der Waals surface area contributed by atoms with E-state index in [4.69, 9.17) is 0 Å². The van der Waals surface area contributed by atoms with Crippen LogP contribution in [0.5, 0.6) is 0 Å². The van der Waals surface area contributed by atoms with Gasteiger partial charge >= 0.3 is 0 Å². The zero-order chi connectivity index (χ0) is 15.9. The first-order valence-corrected chi connectivity index (χ1v) is 8.34. The molecule has 5 nitrogen and oxygen atoms in total. The van der Waals surface area contributed by atoms with E-state index in [9.17, 15) is 15.0 Å². The highest BCUT2D eigenvalue weighted by molar-refractivity contribution is 7.18. The van der Waals surface area contributed by atoms with Gasteiger partial charge in [0.25, 0.3) is 5.91 Å². The Morgan fingerprint density at radius 3 is 2.59 bits per heavy atom. The van der Waals surface area contributed by atoms with Crippen molar-refractivity contribution in [1.29, 1.82) is 0 Å². The molecule has 2 N–H and O–H groups in total. The third kappa shape index (κ3) is 2.86. The number of amides is 1. The first-order chi connectivity index (χ1) is 10.5. The van der Waals surface area contributed by atoms with E-state index in [1.54, 1.807) is 4.90 Å². The summed E-state index contributed by atoms with van der Waals surface area (Å²) in [6, 6.07) is 7.73. The topological polar surface area (TPSA) is 73.7 Å². The van der Waals surface area contributed by atoms with Crippen LogP contribution >= 0.6 is 11.3 Å². The number of carbonyl (C=O) groups is 1. The predicted octanol–water partition coefficient (Wildman–Crippen LogP) is 2.09. The summed E-state index contributed by atoms with van der Waals surface area (Å²) in [5, 5.41) is 21.0. The minimum atomic E-state index is -1.47. The normalized spacial score (nSPS) is 17.7. The van der Waals surface area contributed by atoms with Crippen LogP contribution in [0.15, 0.2) is 24.3 Å². The SMILES string of the molecule is CC(C)N(C(=O)C(O)C(O)c1nc2ccccc2s1)C1CC1. The Morgan fingerprint density at radius 1 is 1.32 bits per heavy atom. The van der Waals surface area contributed by atoms with Crippen molar-refractivity contribution in [1.82, 2.24) is 9.88 Å². The lowest BCUT2D eigenvalue weighted by molar-refractivity contribution is -0.149. The first-order valence-electron chi connectivity index (χ1n) is 7.53. The molecule has 1 fully saturated rings. The lowest BCUT2D eigenvalue weighted by atomic mass is 10.1. The molecule has 1 aliphatic carbocycles. The monoisotopic (exact) mass is 320 g/mol. The molecule has 1 aromatic heterocycles. The number of para-hydroxylation sites is 1. The molecule has 1 aromatic carbocycles. The molecule has 118 valence electrons. The number of rotatable bonds is 5. The van der Waals surface area contributed by atoms with Crippen LogP contribution in [-0.2, 0) is 4.79 Å². The van der Waals surface area contributed by atoms with Crippen molar-refractivity contribution in [3.8, 4) is 0 Å². The molecule has 0 aliphatic heterocycles. The van der Waals surface area contributed by atoms with Crippen molar-refractivity contribution in [3.05, 3.63) is 29.3 Å². The summed E-state index contributed by atoms with van der Waals surface area (Å²) < 4.78 is 0.930. The third-order valence-corrected chi connectivity index (χ3v) is 4.97. The standard InChI is InChI=1S/C16H20N2O3S/c1-9(2)18(10-7-8-10)16(21)14(20)13(19)15-17-11-5-3-4-6-12(11)22-15/h3-6,9-10,13-14,19-20H,7-8H2,1-2H3. The molecule has 2 aromatic rings. The summed E-state index contributed by atoms with van der Waals surface area (Å²) >= 11 is 1.30. The van der Waals surface area contributed by atoms with Crippen LogP contribution in [0.4, 0.5) is 0 Å². The predicted molar refractivity (Wildman–Crippen MR) is 85.6 cm³/mol. The molecule has 0 spiro atoms. The van der Waals surface area contributed by atoms with Gasteiger partial charge in [0.05, 0.1) is 10.2 Å². The molecule has 2 atom stereocenters. The van der Waals surface area contributed by atoms with Gasteiger partial charge in [-0.15, -0.1) is 11.3 Å². The van der Waals surface area contributed by atoms with Gasteiger partial charge in [-0.3, -0.25) is 4.79 Å². The van der Waals surface area contributed by atoms with Gasteiger partial charge in [0.2, 0.25) is 0 Å². The van der Waals surface area contributed by atoms with E-state index in [0.29, 0.717) is 5.01 Å². The molecule has 3 rings (SSSR count). The number of aromatic nitrogens is 1. The molecule has 0 bridgehead atoms. The van der Waals surface area contributed by atoms with E-state index in [0.717, 1.165) is 23.1 Å². The fourth-order valence-corrected chi connectivity index (χ4v) is 3.63. The fraction of sp³-hybridized carbons (Fsp3) is 0.500. The summed E-state index contributed by atoms with van der Waals surface area (Å²) in [6.07, 6.45) is -0.824. The molecule has 2 unspecified atom stereocenters. The highest BCUT2D eigenvalue weighted by Gasteiger charge is 2.39. The molecule has 6 heteroatoms. The third-order valence-electron chi connectivity index (χ3n) is 3.87. The van der Waals surface area contributed by atoms with Crippen LogP contribution in [0.1, 0.15) is 37.8 Å². The van der Waals surface area contributed by atoms with E-state index in [2.05, 4.69) is 4.98 Å². The quantitative estimate of drug-likeness (QED) is 0.885. The Kier molecular flexibility index (Phi) is 4.16. The van der Waals surface area contributed by atoms with Crippen LogP contribution in [0.25, 0.3) is 10.2 Å². The fourth-order valence-electron chi connectivity index (χ4n) is 2.65. The van der Waals surface area contributed by atoms with E-state index in [1.165, 1.54) is 11.3 Å². The Bertz CT molecular complexity index is 646. The van der Waals surface area contributed by atoms with E-state index in [1.807, 2.05) is 38.1 Å². The van der Waals surface area contributed by atoms with Crippen LogP contribution in [-0.4, -0.2) is 44.2 Å². The zero-order valence-electron chi connectivity index (χ0n) is 12.6. The first kappa shape index (κ1) is 15.4. The van der Waals surface area contributed by atoms with Crippen molar-refractivity contribution in [2.45, 2.75) is 51.0 Å². The number of fused-ring (bicyclic) bond motifs is 1. The van der Waals surface area contributed by atoms with Crippen molar-refractivity contribution in [2.24, 2.45) is 0 Å². The van der Waals surface area contributed by atoms with Crippen molar-refractivity contribution >= 4 is 27.5 Å². The summed E-state index contributed by atoms with van der Waals surface area (Å²) in [6.45, 7) is 3.85. The minimum Gasteiger partial charge on any atom is -0.383 e. The lowest BCUT2D eigenvalue weighted by Crippen LogP contribution is -2.46. The maximum Gasteiger partial charge on any atom is 0.255 e. The second-order valence-electron chi connectivity index (χ2n) is 5.98. The number of hydrogen-bond acceptors (Lipinski definition) is 5. The van der Waals surface area contributed by atoms with Crippen LogP contribution in [0.3, 0.4) is 0 Å². The number of benzene rings is 1. The molecular formula is C16H20N2O3S. The second kappa shape index (κ2) is 5.95. The zero-order valence-corrected chi connectivity index (χ0v) is 13.5. The van der Waals surface area contributed by atoms with Crippen LogP contribution < -0.4 is 0 Å². The lowest BCUT2D eigenvalue weighted by Gasteiger charge is -2.30. The Hall–Kier alpha value is -1.50. The second-order valence-corrected chi connectivity index (χ2v) is 7.04. The molecule has 1 aliphatic rings. The Labute approximate surface area is 133 Å². The Morgan fingerprint density at radius 2 is 2.00 bits per heavy atom. The number of nitrogens with zero attached hydrogens (tertiary/aromatic N) is 2. The minimum absolute atomic E-state index is 0.0113. The summed E-state index contributed by atoms with van der Waals surface area (Å²) in [5.74, 6) is -0.413.